The maximum absolute atomic E-state index is 13.2. The van der Waals surface area contributed by atoms with Gasteiger partial charge in [0.1, 0.15) is 0 Å². The van der Waals surface area contributed by atoms with Gasteiger partial charge in [0, 0.05) is 47.3 Å². The van der Waals surface area contributed by atoms with Crippen molar-refractivity contribution in [3.8, 4) is 22.6 Å². The van der Waals surface area contributed by atoms with Crippen LogP contribution in [0.4, 0.5) is 13.2 Å². The zero-order valence-electron chi connectivity index (χ0n) is 21.4. The van der Waals surface area contributed by atoms with Gasteiger partial charge in [-0.2, -0.15) is 13.2 Å². The first-order chi connectivity index (χ1) is 17.9. The lowest BCUT2D eigenvalue weighted by molar-refractivity contribution is -0.226. The van der Waals surface area contributed by atoms with Gasteiger partial charge in [-0.25, -0.2) is 9.97 Å². The van der Waals surface area contributed by atoms with Gasteiger partial charge >= 0.3 is 6.18 Å². The number of ether oxygens (including phenoxy) is 2. The summed E-state index contributed by atoms with van der Waals surface area (Å²) >= 11 is 0. The van der Waals surface area contributed by atoms with Gasteiger partial charge in [-0.05, 0) is 49.4 Å². The van der Waals surface area contributed by atoms with Crippen molar-refractivity contribution in [2.24, 2.45) is 11.8 Å². The number of aromatic nitrogens is 3. The van der Waals surface area contributed by atoms with Crippen LogP contribution in [0.15, 0.2) is 48.8 Å². The normalized spacial score (nSPS) is 24.1. The third-order valence-corrected chi connectivity index (χ3v) is 7.97. The number of hydrogen-bond donors (Lipinski definition) is 0. The van der Waals surface area contributed by atoms with Gasteiger partial charge in [-0.1, -0.05) is 32.9 Å². The number of fused-ring (bicyclic) bond motifs is 3. The minimum absolute atomic E-state index is 0.226. The Labute approximate surface area is 215 Å². The lowest BCUT2D eigenvalue weighted by Gasteiger charge is -2.48. The third kappa shape index (κ3) is 4.66. The van der Waals surface area contributed by atoms with E-state index in [0.29, 0.717) is 30.5 Å². The van der Waals surface area contributed by atoms with Crippen LogP contribution in [0.5, 0.6) is 0 Å². The second-order valence-corrected chi connectivity index (χ2v) is 9.72. The highest BCUT2D eigenvalue weighted by Gasteiger charge is 2.53. The number of pyridine rings is 1. The van der Waals surface area contributed by atoms with Crippen LogP contribution in [0, 0.1) is 11.8 Å². The summed E-state index contributed by atoms with van der Waals surface area (Å²) in [7, 11) is 0. The van der Waals surface area contributed by atoms with Crippen molar-refractivity contribution >= 4 is 0 Å². The molecular formula is C29H32F3N3O2. The lowest BCUT2D eigenvalue weighted by Crippen LogP contribution is -2.48. The average Bonchev–Trinajstić information content (AvgIpc) is 3.41. The summed E-state index contributed by atoms with van der Waals surface area (Å²) in [4.78, 5) is 14.0. The van der Waals surface area contributed by atoms with E-state index >= 15 is 0 Å². The van der Waals surface area contributed by atoms with Crippen LogP contribution in [-0.2, 0) is 22.1 Å². The van der Waals surface area contributed by atoms with E-state index in [2.05, 4.69) is 11.9 Å². The molecule has 3 aromatic rings. The lowest BCUT2D eigenvalue weighted by atomic mass is 9.63. The van der Waals surface area contributed by atoms with Gasteiger partial charge in [0.25, 0.3) is 0 Å². The van der Waals surface area contributed by atoms with Crippen molar-refractivity contribution in [3.05, 3.63) is 65.6 Å². The second-order valence-electron chi connectivity index (χ2n) is 9.72. The molecule has 196 valence electrons. The Morgan fingerprint density at radius 3 is 2.22 bits per heavy atom. The largest absolute Gasteiger partial charge is 0.416 e. The molecule has 1 aliphatic heterocycles. The molecule has 0 N–H and O–H groups in total. The number of alkyl halides is 3. The van der Waals surface area contributed by atoms with Gasteiger partial charge in [-0.3, -0.25) is 4.98 Å². The first-order valence-corrected chi connectivity index (χ1v) is 13.1. The highest BCUT2D eigenvalue weighted by atomic mass is 19.4. The van der Waals surface area contributed by atoms with Crippen LogP contribution in [0.3, 0.4) is 0 Å². The molecule has 1 spiro atoms. The molecule has 3 unspecified atom stereocenters. The first kappa shape index (κ1) is 25.8. The fourth-order valence-corrected chi connectivity index (χ4v) is 6.19. The maximum atomic E-state index is 13.2. The molecule has 1 saturated carbocycles. The Morgan fingerprint density at radius 2 is 1.57 bits per heavy atom. The summed E-state index contributed by atoms with van der Waals surface area (Å²) in [6.45, 7) is 7.48. The molecule has 3 aliphatic rings. The number of halogens is 3. The van der Waals surface area contributed by atoms with E-state index in [-0.39, 0.29) is 11.8 Å². The number of benzene rings is 1. The molecule has 37 heavy (non-hydrogen) atoms. The van der Waals surface area contributed by atoms with Crippen LogP contribution in [-0.4, -0.2) is 34.0 Å². The minimum atomic E-state index is -4.38. The quantitative estimate of drug-likeness (QED) is 0.368. The minimum Gasteiger partial charge on any atom is -0.347 e. The van der Waals surface area contributed by atoms with E-state index < -0.39 is 17.5 Å². The standard InChI is InChI=1S/C27H26F3N3O2.C2H6/c1-16-20-6-7-22-23(17-2-4-19(5-3-17)27(28,29)30)32-25(18-9-12-31-13-10-18)33-24(22)21(20)8-11-26(16)34-14-15-35-26;1-2/h2-5,9-10,12-13,16,20-21H,6-8,11,14-15H2,1H3;1-2H3. The van der Waals surface area contributed by atoms with Gasteiger partial charge in [-0.15, -0.1) is 0 Å². The van der Waals surface area contributed by atoms with E-state index in [0.717, 1.165) is 60.3 Å². The van der Waals surface area contributed by atoms with Gasteiger partial charge in [0.2, 0.25) is 0 Å². The van der Waals surface area contributed by atoms with Gasteiger partial charge in [0.15, 0.2) is 11.6 Å². The van der Waals surface area contributed by atoms with Crippen LogP contribution >= 0.6 is 0 Å². The van der Waals surface area contributed by atoms with Crippen LogP contribution in [0.2, 0.25) is 0 Å². The van der Waals surface area contributed by atoms with Gasteiger partial charge < -0.3 is 9.47 Å². The Kier molecular flexibility index (Phi) is 7.07. The predicted octanol–water partition coefficient (Wildman–Crippen LogP) is 7.07. The van der Waals surface area contributed by atoms with Crippen LogP contribution < -0.4 is 0 Å². The Balaban J connectivity index is 0.00000137. The van der Waals surface area contributed by atoms with Crippen molar-refractivity contribution < 1.29 is 22.6 Å². The van der Waals surface area contributed by atoms with Crippen molar-refractivity contribution in [2.45, 2.75) is 64.3 Å². The zero-order chi connectivity index (χ0) is 26.2. The van der Waals surface area contributed by atoms with E-state index in [1.54, 1.807) is 12.4 Å². The number of nitrogens with zero attached hydrogens (tertiary/aromatic N) is 3. The zero-order valence-corrected chi connectivity index (χ0v) is 21.4. The highest BCUT2D eigenvalue weighted by molar-refractivity contribution is 5.69. The SMILES string of the molecule is CC.CC1C2CCc3c(-c4ccc(C(F)(F)F)cc4)nc(-c4ccncc4)nc3C2CCC12OCCO2. The molecular weight excluding hydrogens is 479 g/mol. The molecule has 0 amide bonds. The van der Waals surface area contributed by atoms with Crippen molar-refractivity contribution in [3.63, 3.8) is 0 Å². The Morgan fingerprint density at radius 1 is 0.892 bits per heavy atom. The summed E-state index contributed by atoms with van der Waals surface area (Å²) in [5.41, 5.74) is 3.61. The van der Waals surface area contributed by atoms with E-state index in [9.17, 15) is 13.2 Å². The van der Waals surface area contributed by atoms with E-state index in [1.165, 1.54) is 12.1 Å². The predicted molar refractivity (Wildman–Crippen MR) is 135 cm³/mol. The molecule has 2 aromatic heterocycles. The monoisotopic (exact) mass is 511 g/mol. The van der Waals surface area contributed by atoms with Crippen LogP contribution in [0.1, 0.15) is 62.8 Å². The molecule has 0 bridgehead atoms. The van der Waals surface area contributed by atoms with Crippen molar-refractivity contribution in [2.75, 3.05) is 13.2 Å². The van der Waals surface area contributed by atoms with Crippen molar-refractivity contribution in [1.29, 1.82) is 0 Å². The highest BCUT2D eigenvalue weighted by Crippen LogP contribution is 2.54. The Bertz CT molecular complexity index is 1230. The fourth-order valence-electron chi connectivity index (χ4n) is 6.19. The molecule has 2 fully saturated rings. The molecule has 1 aromatic carbocycles. The smallest absolute Gasteiger partial charge is 0.347 e. The fraction of sp³-hybridized carbons (Fsp3) is 0.483. The molecule has 1 saturated heterocycles. The molecule has 2 aliphatic carbocycles. The van der Waals surface area contributed by atoms with Gasteiger partial charge in [0.05, 0.1) is 30.2 Å². The first-order valence-electron chi connectivity index (χ1n) is 13.1. The Hall–Kier alpha value is -2.84. The maximum Gasteiger partial charge on any atom is 0.416 e. The summed E-state index contributed by atoms with van der Waals surface area (Å²) in [5.74, 6) is 0.878. The summed E-state index contributed by atoms with van der Waals surface area (Å²) < 4.78 is 51.7. The van der Waals surface area contributed by atoms with E-state index in [4.69, 9.17) is 19.4 Å². The van der Waals surface area contributed by atoms with E-state index in [1.807, 2.05) is 26.0 Å². The third-order valence-electron chi connectivity index (χ3n) is 7.97. The molecule has 6 rings (SSSR count). The summed E-state index contributed by atoms with van der Waals surface area (Å²) in [6, 6.07) is 9.01. The average molecular weight is 512 g/mol. The molecule has 8 heteroatoms. The summed E-state index contributed by atoms with van der Waals surface area (Å²) in [5, 5.41) is 0. The topological polar surface area (TPSA) is 57.1 Å². The van der Waals surface area contributed by atoms with Crippen molar-refractivity contribution in [1.82, 2.24) is 15.0 Å². The molecule has 3 atom stereocenters. The number of rotatable bonds is 2. The summed E-state index contributed by atoms with van der Waals surface area (Å²) in [6.07, 6.45) is 2.42. The molecule has 3 heterocycles. The second kappa shape index (κ2) is 10.1. The molecule has 0 radical (unpaired) electrons. The van der Waals surface area contributed by atoms with Crippen LogP contribution in [0.25, 0.3) is 22.6 Å². The molecule has 5 nitrogen and oxygen atoms in total. The number of hydrogen-bond acceptors (Lipinski definition) is 5.